The van der Waals surface area contributed by atoms with Crippen LogP contribution in [-0.4, -0.2) is 65.7 Å². The van der Waals surface area contributed by atoms with Crippen LogP contribution in [0.5, 0.6) is 0 Å². The zero-order valence-electron chi connectivity index (χ0n) is 12.4. The van der Waals surface area contributed by atoms with E-state index in [-0.39, 0.29) is 37.2 Å². The summed E-state index contributed by atoms with van der Waals surface area (Å²) in [7, 11) is 2.21. The molecule has 5 nitrogen and oxygen atoms in total. The van der Waals surface area contributed by atoms with Crippen molar-refractivity contribution in [3.63, 3.8) is 0 Å². The molecule has 1 aromatic rings. The van der Waals surface area contributed by atoms with Crippen molar-refractivity contribution in [2.75, 3.05) is 46.3 Å². The number of fused-ring (bicyclic) bond motifs is 1. The van der Waals surface area contributed by atoms with Crippen LogP contribution in [0.3, 0.4) is 0 Å². The van der Waals surface area contributed by atoms with E-state index in [1.807, 2.05) is 6.20 Å². The molecule has 0 aromatic carbocycles. The molecule has 1 saturated heterocycles. The van der Waals surface area contributed by atoms with Crippen molar-refractivity contribution in [3.05, 3.63) is 18.2 Å². The minimum atomic E-state index is 0. The van der Waals surface area contributed by atoms with Gasteiger partial charge in [-0.1, -0.05) is 0 Å². The number of halogens is 3. The number of imidazole rings is 1. The Morgan fingerprint density at radius 1 is 1.19 bits per heavy atom. The van der Waals surface area contributed by atoms with E-state index in [0.29, 0.717) is 5.92 Å². The van der Waals surface area contributed by atoms with E-state index in [1.54, 1.807) is 0 Å². The first-order chi connectivity index (χ1) is 8.81. The average molecular weight is 359 g/mol. The molecule has 0 aliphatic carbocycles. The fourth-order valence-electron chi connectivity index (χ4n) is 2.92. The van der Waals surface area contributed by atoms with Crippen molar-refractivity contribution in [2.45, 2.75) is 13.1 Å². The van der Waals surface area contributed by atoms with Gasteiger partial charge >= 0.3 is 0 Å². The molecule has 0 bridgehead atoms. The van der Waals surface area contributed by atoms with Gasteiger partial charge in [0.25, 0.3) is 0 Å². The number of piperazine rings is 1. The molecule has 3 heterocycles. The summed E-state index contributed by atoms with van der Waals surface area (Å²) in [6, 6.07) is 0. The smallest absolute Gasteiger partial charge is 0.122 e. The van der Waals surface area contributed by atoms with Gasteiger partial charge in [0.05, 0.1) is 6.54 Å². The molecule has 1 N–H and O–H groups in total. The van der Waals surface area contributed by atoms with Crippen LogP contribution in [0.1, 0.15) is 5.82 Å². The van der Waals surface area contributed by atoms with Crippen molar-refractivity contribution < 1.29 is 0 Å². The van der Waals surface area contributed by atoms with Crippen molar-refractivity contribution >= 4 is 37.2 Å². The maximum absolute atomic E-state index is 4.39. The first-order valence-electron chi connectivity index (χ1n) is 6.93. The minimum Gasteiger partial charge on any atom is -0.333 e. The fraction of sp³-hybridized carbons (Fsp3) is 0.769. The highest BCUT2D eigenvalue weighted by atomic mass is 35.5. The average Bonchev–Trinajstić information content (AvgIpc) is 2.71. The Labute approximate surface area is 145 Å². The Kier molecular flexibility index (Phi) is 9.85. The molecule has 2 aliphatic heterocycles. The summed E-state index contributed by atoms with van der Waals surface area (Å²) in [5.74, 6) is 1.87. The van der Waals surface area contributed by atoms with E-state index in [0.717, 1.165) is 19.6 Å². The molecule has 8 heteroatoms. The third kappa shape index (κ3) is 5.58. The van der Waals surface area contributed by atoms with Crippen LogP contribution in [-0.2, 0) is 13.1 Å². The summed E-state index contributed by atoms with van der Waals surface area (Å²) in [6.07, 6.45) is 4.02. The lowest BCUT2D eigenvalue weighted by atomic mass is 10.1. The molecule has 3 rings (SSSR count). The largest absolute Gasteiger partial charge is 0.333 e. The molecule has 0 radical (unpaired) electrons. The van der Waals surface area contributed by atoms with Gasteiger partial charge in [-0.25, -0.2) is 4.98 Å². The van der Waals surface area contributed by atoms with Crippen LogP contribution in [0.25, 0.3) is 0 Å². The van der Waals surface area contributed by atoms with Crippen LogP contribution in [0.4, 0.5) is 0 Å². The van der Waals surface area contributed by atoms with Crippen molar-refractivity contribution in [1.82, 2.24) is 24.7 Å². The van der Waals surface area contributed by atoms with Crippen molar-refractivity contribution in [1.29, 1.82) is 0 Å². The third-order valence-electron chi connectivity index (χ3n) is 4.09. The predicted molar refractivity (Wildman–Crippen MR) is 93.1 cm³/mol. The molecule has 21 heavy (non-hydrogen) atoms. The van der Waals surface area contributed by atoms with Crippen LogP contribution >= 0.6 is 37.2 Å². The maximum Gasteiger partial charge on any atom is 0.122 e. The molecule has 1 unspecified atom stereocenters. The molecular weight excluding hydrogens is 333 g/mol. The molecule has 0 spiro atoms. The standard InChI is InChI=1S/C13H23N5.3ClH/c1-16-4-6-17(7-5-16)10-12-8-14-9-13-15-2-3-18(13)11-12;;;/h2-3,12,14H,4-11H2,1H3;3*1H. The van der Waals surface area contributed by atoms with Gasteiger partial charge in [-0.2, -0.15) is 0 Å². The fourth-order valence-corrected chi connectivity index (χ4v) is 2.92. The number of rotatable bonds is 2. The highest BCUT2D eigenvalue weighted by Crippen LogP contribution is 2.11. The van der Waals surface area contributed by atoms with Gasteiger partial charge in [0.15, 0.2) is 0 Å². The third-order valence-corrected chi connectivity index (χ3v) is 4.09. The lowest BCUT2D eigenvalue weighted by molar-refractivity contribution is 0.132. The van der Waals surface area contributed by atoms with E-state index in [9.17, 15) is 0 Å². The zero-order chi connectivity index (χ0) is 12.4. The molecule has 0 saturated carbocycles. The predicted octanol–water partition coefficient (Wildman–Crippen LogP) is 1.12. The van der Waals surface area contributed by atoms with E-state index in [4.69, 9.17) is 0 Å². The Bertz CT molecular complexity index is 393. The minimum absolute atomic E-state index is 0. The van der Waals surface area contributed by atoms with Crippen LogP contribution in [0, 0.1) is 5.92 Å². The van der Waals surface area contributed by atoms with Gasteiger partial charge in [-0.3, -0.25) is 0 Å². The molecule has 1 aromatic heterocycles. The second-order valence-corrected chi connectivity index (χ2v) is 5.60. The summed E-state index contributed by atoms with van der Waals surface area (Å²) in [6.45, 7) is 9.16. The molecular formula is C13H26Cl3N5. The number of aromatic nitrogens is 2. The van der Waals surface area contributed by atoms with Gasteiger partial charge in [-0.15, -0.1) is 37.2 Å². The monoisotopic (exact) mass is 357 g/mol. The Morgan fingerprint density at radius 2 is 1.90 bits per heavy atom. The summed E-state index contributed by atoms with van der Waals surface area (Å²) in [5.41, 5.74) is 0. The Morgan fingerprint density at radius 3 is 2.62 bits per heavy atom. The maximum atomic E-state index is 4.39. The van der Waals surface area contributed by atoms with Gasteiger partial charge < -0.3 is 19.7 Å². The van der Waals surface area contributed by atoms with Crippen LogP contribution in [0.15, 0.2) is 12.4 Å². The van der Waals surface area contributed by atoms with Crippen molar-refractivity contribution in [3.8, 4) is 0 Å². The summed E-state index contributed by atoms with van der Waals surface area (Å²) in [4.78, 5) is 9.41. The lowest BCUT2D eigenvalue weighted by Gasteiger charge is -2.34. The van der Waals surface area contributed by atoms with E-state index in [1.165, 1.54) is 38.5 Å². The summed E-state index contributed by atoms with van der Waals surface area (Å²) < 4.78 is 2.31. The Hall–Kier alpha value is -0.0400. The van der Waals surface area contributed by atoms with Gasteiger partial charge in [0, 0.05) is 64.1 Å². The number of nitrogens with zero attached hydrogens (tertiary/aromatic N) is 4. The highest BCUT2D eigenvalue weighted by molar-refractivity contribution is 5.86. The van der Waals surface area contributed by atoms with E-state index in [2.05, 4.69) is 37.9 Å². The van der Waals surface area contributed by atoms with Crippen molar-refractivity contribution in [2.24, 2.45) is 5.92 Å². The quantitative estimate of drug-likeness (QED) is 0.859. The second kappa shape index (κ2) is 9.87. The molecule has 124 valence electrons. The van der Waals surface area contributed by atoms with Crippen LogP contribution in [0.2, 0.25) is 0 Å². The molecule has 2 aliphatic rings. The summed E-state index contributed by atoms with van der Waals surface area (Å²) in [5, 5.41) is 3.52. The molecule has 1 fully saturated rings. The zero-order valence-corrected chi connectivity index (χ0v) is 14.9. The second-order valence-electron chi connectivity index (χ2n) is 5.60. The highest BCUT2D eigenvalue weighted by Gasteiger charge is 2.21. The normalized spacial score (nSPS) is 23.0. The number of nitrogens with one attached hydrogen (secondary N) is 1. The van der Waals surface area contributed by atoms with Gasteiger partial charge in [0.2, 0.25) is 0 Å². The first kappa shape index (κ1) is 21.0. The Balaban J connectivity index is 0.00000133. The van der Waals surface area contributed by atoms with E-state index >= 15 is 0 Å². The number of likely N-dealkylation sites (N-methyl/N-ethyl adjacent to an activating group) is 1. The van der Waals surface area contributed by atoms with E-state index < -0.39 is 0 Å². The topological polar surface area (TPSA) is 36.3 Å². The SMILES string of the molecule is CN1CCN(CC2CNCc3nccn3C2)CC1.Cl.Cl.Cl. The van der Waals surface area contributed by atoms with Gasteiger partial charge in [-0.05, 0) is 7.05 Å². The molecule has 1 atom stereocenters. The van der Waals surface area contributed by atoms with Gasteiger partial charge in [0.1, 0.15) is 5.82 Å². The lowest BCUT2D eigenvalue weighted by Crippen LogP contribution is -2.47. The number of hydrogen-bond acceptors (Lipinski definition) is 4. The molecule has 0 amide bonds. The summed E-state index contributed by atoms with van der Waals surface area (Å²) >= 11 is 0. The number of hydrogen-bond donors (Lipinski definition) is 1. The first-order valence-corrected chi connectivity index (χ1v) is 6.93. The van der Waals surface area contributed by atoms with Crippen LogP contribution < -0.4 is 5.32 Å².